The van der Waals surface area contributed by atoms with Crippen LogP contribution in [0, 0.1) is 0 Å². The van der Waals surface area contributed by atoms with Crippen LogP contribution in [0.1, 0.15) is 168 Å². The summed E-state index contributed by atoms with van der Waals surface area (Å²) in [6.45, 7) is 3.20. The first-order chi connectivity index (χ1) is 25.4. The van der Waals surface area contributed by atoms with Crippen LogP contribution < -0.4 is 5.32 Å². The summed E-state index contributed by atoms with van der Waals surface area (Å²) >= 11 is 0. The first-order valence-corrected chi connectivity index (χ1v) is 22.0. The van der Waals surface area contributed by atoms with Gasteiger partial charge in [-0.05, 0) is 38.5 Å². The molecule has 0 radical (unpaired) electrons. The first kappa shape index (κ1) is 49.8. The number of ether oxygens (including phenoxy) is 2. The minimum Gasteiger partial charge on any atom is -0.394 e. The van der Waals surface area contributed by atoms with Crippen LogP contribution in [0.2, 0.25) is 0 Å². The third kappa shape index (κ3) is 24.1. The van der Waals surface area contributed by atoms with Gasteiger partial charge in [0.15, 0.2) is 6.29 Å². The summed E-state index contributed by atoms with van der Waals surface area (Å²) in [5, 5.41) is 55.0. The van der Waals surface area contributed by atoms with Gasteiger partial charge in [0.25, 0.3) is 0 Å². The van der Waals surface area contributed by atoms with Crippen LogP contribution in [-0.4, -0.2) is 107 Å². The lowest BCUT2D eigenvalue weighted by molar-refractivity contribution is -0.298. The predicted molar refractivity (Wildman–Crippen MR) is 205 cm³/mol. The maximum atomic E-state index is 13.0. The molecule has 13 nitrogen and oxygen atoms in total. The van der Waals surface area contributed by atoms with Gasteiger partial charge in [-0.15, -0.1) is 0 Å². The molecule has 1 amide bonds. The quantitative estimate of drug-likeness (QED) is 0.0235. The Morgan fingerprint density at radius 2 is 1.21 bits per heavy atom. The minimum atomic E-state index is -5.10. The topological polar surface area (TPSA) is 212 Å². The molecule has 7 N–H and O–H groups in total. The molecule has 314 valence electrons. The number of carbonyl (C=O) groups excluding carboxylic acids is 1. The number of nitrogens with one attached hydrogen (secondary N) is 1. The highest BCUT2D eigenvalue weighted by molar-refractivity contribution is 7.80. The summed E-state index contributed by atoms with van der Waals surface area (Å²) in [5.41, 5.74) is 0. The Morgan fingerprint density at radius 3 is 1.70 bits per heavy atom. The molecule has 0 bridgehead atoms. The normalized spacial score (nSPS) is 22.6. The van der Waals surface area contributed by atoms with Crippen molar-refractivity contribution >= 4 is 16.3 Å². The van der Waals surface area contributed by atoms with Crippen molar-refractivity contribution in [1.29, 1.82) is 0 Å². The summed E-state index contributed by atoms with van der Waals surface area (Å²) in [6, 6.07) is -1.03. The molecular weight excluding hydrogens is 706 g/mol. The minimum absolute atomic E-state index is 0.254. The lowest BCUT2D eigenvalue weighted by Gasteiger charge is -2.41. The second-order valence-electron chi connectivity index (χ2n) is 14.7. The van der Waals surface area contributed by atoms with E-state index in [1.807, 2.05) is 0 Å². The Kier molecular flexibility index (Phi) is 29.1. The number of allylic oxidation sites excluding steroid dienone is 2. The van der Waals surface area contributed by atoms with Gasteiger partial charge in [-0.1, -0.05) is 142 Å². The van der Waals surface area contributed by atoms with Crippen molar-refractivity contribution in [3.8, 4) is 0 Å². The van der Waals surface area contributed by atoms with E-state index in [-0.39, 0.29) is 6.42 Å². The first-order valence-electron chi connectivity index (χ1n) is 20.7. The molecule has 1 aliphatic heterocycles. The zero-order valence-electron chi connectivity index (χ0n) is 32.7. The van der Waals surface area contributed by atoms with Gasteiger partial charge in [-0.2, -0.15) is 8.42 Å². The summed E-state index contributed by atoms with van der Waals surface area (Å²) in [5.74, 6) is -0.678. The molecule has 0 aromatic rings. The largest absolute Gasteiger partial charge is 0.397 e. The van der Waals surface area contributed by atoms with Crippen LogP contribution in [-0.2, 0) is 28.9 Å². The van der Waals surface area contributed by atoms with Gasteiger partial charge in [0.2, 0.25) is 5.91 Å². The summed E-state index contributed by atoms with van der Waals surface area (Å²) in [4.78, 5) is 13.0. The number of hydrogen-bond donors (Lipinski definition) is 7. The molecule has 1 saturated heterocycles. The van der Waals surface area contributed by atoms with Crippen molar-refractivity contribution in [2.75, 3.05) is 13.2 Å². The van der Waals surface area contributed by atoms with Crippen LogP contribution >= 0.6 is 0 Å². The summed E-state index contributed by atoms with van der Waals surface area (Å²) in [6.07, 6.45) is 18.6. The number of rotatable bonds is 34. The van der Waals surface area contributed by atoms with Gasteiger partial charge in [0.1, 0.15) is 30.5 Å². The van der Waals surface area contributed by atoms with Gasteiger partial charge >= 0.3 is 10.4 Å². The van der Waals surface area contributed by atoms with Crippen molar-refractivity contribution in [3.63, 3.8) is 0 Å². The fourth-order valence-electron chi connectivity index (χ4n) is 6.58. The average molecular weight is 782 g/mol. The molecule has 8 atom stereocenters. The summed E-state index contributed by atoms with van der Waals surface area (Å²) in [7, 11) is -5.10. The fourth-order valence-corrected chi connectivity index (χ4v) is 7.08. The van der Waals surface area contributed by atoms with Crippen LogP contribution in [0.25, 0.3) is 0 Å². The molecule has 1 fully saturated rings. The molecule has 53 heavy (non-hydrogen) atoms. The zero-order chi connectivity index (χ0) is 39.3. The highest BCUT2D eigenvalue weighted by Gasteiger charge is 2.48. The van der Waals surface area contributed by atoms with E-state index in [2.05, 4.69) is 35.5 Å². The second kappa shape index (κ2) is 31.0. The van der Waals surface area contributed by atoms with Gasteiger partial charge < -0.3 is 40.3 Å². The Morgan fingerprint density at radius 1 is 0.736 bits per heavy atom. The smallest absolute Gasteiger partial charge is 0.394 e. The number of hydrogen-bond acceptors (Lipinski definition) is 11. The highest BCUT2D eigenvalue weighted by Crippen LogP contribution is 2.26. The van der Waals surface area contributed by atoms with E-state index < -0.39 is 78.5 Å². The monoisotopic (exact) mass is 782 g/mol. The van der Waals surface area contributed by atoms with Crippen molar-refractivity contribution in [1.82, 2.24) is 5.32 Å². The Bertz CT molecular complexity index is 1030. The van der Waals surface area contributed by atoms with Gasteiger partial charge in [-0.3, -0.25) is 9.35 Å². The standard InChI is InChI=1S/C39H75NO12S/c1-3-5-7-9-11-13-14-15-16-17-18-19-20-22-24-26-28-33(43)38(46)40-31(32(42)27-25-23-21-12-10-8-6-4-2)30-50-39-36(45)37(52-53(47,48)49)35(44)34(29-41)51-39/h15-16,31-37,39,41-45H,3-14,17-30H2,1-2H3,(H,40,46)(H,47,48,49)/b16-15-. The zero-order valence-corrected chi connectivity index (χ0v) is 33.5. The fraction of sp³-hybridized carbons (Fsp3) is 0.923. The lowest BCUT2D eigenvalue weighted by atomic mass is 9.99. The third-order valence-corrected chi connectivity index (χ3v) is 10.4. The number of aliphatic hydroxyl groups excluding tert-OH is 5. The Labute approximate surface area is 320 Å². The van der Waals surface area contributed by atoms with Crippen LogP contribution in [0.3, 0.4) is 0 Å². The van der Waals surface area contributed by atoms with Gasteiger partial charge in [-0.25, -0.2) is 4.18 Å². The number of amides is 1. The molecule has 1 rings (SSSR count). The van der Waals surface area contributed by atoms with Crippen molar-refractivity contribution < 1.29 is 57.0 Å². The van der Waals surface area contributed by atoms with E-state index in [1.54, 1.807) is 0 Å². The SMILES string of the molecule is CCCCCCCC/C=C\CCCCCCCCC(O)C(=O)NC(COC1OC(CO)C(O)C(OS(=O)(=O)O)C1O)C(O)CCCCCCCCCC. The highest BCUT2D eigenvalue weighted by atomic mass is 32.3. The lowest BCUT2D eigenvalue weighted by Crippen LogP contribution is -2.61. The van der Waals surface area contributed by atoms with E-state index in [0.29, 0.717) is 19.3 Å². The average Bonchev–Trinajstić information content (AvgIpc) is 3.12. The van der Waals surface area contributed by atoms with Crippen LogP contribution in [0.15, 0.2) is 12.2 Å². The van der Waals surface area contributed by atoms with E-state index in [9.17, 15) is 38.7 Å². The van der Waals surface area contributed by atoms with Crippen LogP contribution in [0.5, 0.6) is 0 Å². The van der Waals surface area contributed by atoms with Crippen molar-refractivity contribution in [3.05, 3.63) is 12.2 Å². The molecule has 0 aliphatic carbocycles. The molecular formula is C39H75NO12S. The number of aliphatic hydroxyl groups is 5. The maximum absolute atomic E-state index is 13.0. The third-order valence-electron chi connectivity index (χ3n) is 9.93. The number of carbonyl (C=O) groups is 1. The molecule has 1 heterocycles. The predicted octanol–water partition coefficient (Wildman–Crippen LogP) is 5.80. The molecule has 1 aliphatic rings. The van der Waals surface area contributed by atoms with Gasteiger partial charge in [0.05, 0.1) is 25.4 Å². The van der Waals surface area contributed by atoms with Gasteiger partial charge in [0, 0.05) is 0 Å². The Balaban J connectivity index is 2.57. The summed E-state index contributed by atoms with van der Waals surface area (Å²) < 4.78 is 47.3. The molecule has 0 aromatic carbocycles. The number of unbranched alkanes of at least 4 members (excludes halogenated alkanes) is 19. The van der Waals surface area contributed by atoms with E-state index >= 15 is 0 Å². The molecule has 0 spiro atoms. The molecule has 8 unspecified atom stereocenters. The molecule has 0 aromatic heterocycles. The van der Waals surface area contributed by atoms with E-state index in [0.717, 1.165) is 70.6 Å². The van der Waals surface area contributed by atoms with E-state index in [4.69, 9.17) is 14.0 Å². The Hall–Kier alpha value is -1.20. The van der Waals surface area contributed by atoms with Crippen LogP contribution in [0.4, 0.5) is 0 Å². The molecule has 14 heteroatoms. The van der Waals surface area contributed by atoms with Crippen molar-refractivity contribution in [2.45, 2.75) is 217 Å². The maximum Gasteiger partial charge on any atom is 0.397 e. The van der Waals surface area contributed by atoms with E-state index in [1.165, 1.54) is 57.8 Å². The van der Waals surface area contributed by atoms with Crippen molar-refractivity contribution in [2.24, 2.45) is 0 Å². The molecule has 0 saturated carbocycles. The second-order valence-corrected chi connectivity index (χ2v) is 15.8.